The second kappa shape index (κ2) is 8.00. The first-order chi connectivity index (χ1) is 15.3. The van der Waals surface area contributed by atoms with Gasteiger partial charge < -0.3 is 22.6 Å². The van der Waals surface area contributed by atoms with Crippen LogP contribution in [0.15, 0.2) is 86.0 Å². The third-order valence-electron chi connectivity index (χ3n) is 5.35. The Morgan fingerprint density at radius 3 is 2.25 bits per heavy atom. The predicted molar refractivity (Wildman–Crippen MR) is 132 cm³/mol. The molecule has 2 aliphatic heterocycles. The molecule has 10 heteroatoms. The average molecular weight is 627 g/mol. The van der Waals surface area contributed by atoms with Crippen molar-refractivity contribution >= 4 is 66.2 Å². The van der Waals surface area contributed by atoms with Gasteiger partial charge in [-0.1, -0.05) is 30.3 Å². The number of ether oxygens (including phenoxy) is 2. The maximum atomic E-state index is 16.1. The molecule has 0 unspecified atom stereocenters. The molecule has 2 aromatic carbocycles. The van der Waals surface area contributed by atoms with Crippen LogP contribution in [0, 0.1) is 0 Å². The van der Waals surface area contributed by atoms with Gasteiger partial charge in [-0.3, -0.25) is 4.49 Å². The number of nitrogens with zero attached hydrogens (tertiary/aromatic N) is 2. The summed E-state index contributed by atoms with van der Waals surface area (Å²) in [6.07, 6.45) is 1.68. The Morgan fingerprint density at radius 2 is 1.59 bits per heavy atom. The van der Waals surface area contributed by atoms with E-state index in [0.717, 1.165) is 14.5 Å². The summed E-state index contributed by atoms with van der Waals surface area (Å²) in [4.78, 5) is 0. The van der Waals surface area contributed by atoms with Gasteiger partial charge in [-0.25, -0.2) is 0 Å². The monoisotopic (exact) mass is 624 g/mol. The highest BCUT2D eigenvalue weighted by atomic mass is 79.9. The standard InChI is InChI=1S/C22H14BBr3F2N2O2/c1-31-14-7-9-15(10-8-14)32-22-17(25)12-19-20(13-5-3-2-4-6-13)18-11-16(24)21(26)29(18)23(27,28)30(19)22/h2-12H,1H3. The van der Waals surface area contributed by atoms with Crippen molar-refractivity contribution in [3.8, 4) is 11.5 Å². The number of fused-ring (bicyclic) bond motifs is 2. The fraction of sp³-hybridized carbons (Fsp3) is 0.0455. The normalized spacial score (nSPS) is 16.6. The van der Waals surface area contributed by atoms with E-state index in [1.165, 1.54) is 0 Å². The zero-order valence-corrected chi connectivity index (χ0v) is 21.3. The molecule has 0 N–H and O–H groups in total. The summed E-state index contributed by atoms with van der Waals surface area (Å²) in [6, 6.07) is 17.9. The molecule has 3 heterocycles. The molecule has 0 bridgehead atoms. The lowest BCUT2D eigenvalue weighted by Crippen LogP contribution is -2.52. The molecule has 0 saturated heterocycles. The number of halogens is 5. The average Bonchev–Trinajstić information content (AvgIpc) is 3.26. The molecular formula is C22H14BBr3F2N2O2. The summed E-state index contributed by atoms with van der Waals surface area (Å²) in [5.74, 6) is 1.08. The predicted octanol–water partition coefficient (Wildman–Crippen LogP) is 6.80. The van der Waals surface area contributed by atoms with Gasteiger partial charge in [0.05, 0.1) is 17.3 Å². The molecule has 0 atom stereocenters. The molecule has 32 heavy (non-hydrogen) atoms. The van der Waals surface area contributed by atoms with Crippen LogP contribution >= 0.6 is 47.8 Å². The van der Waals surface area contributed by atoms with Gasteiger partial charge >= 0.3 is 12.9 Å². The van der Waals surface area contributed by atoms with Gasteiger partial charge in [0.2, 0.25) is 0 Å². The first kappa shape index (κ1) is 21.7. The number of hydrogen-bond donors (Lipinski definition) is 0. The molecule has 4 nitrogen and oxygen atoms in total. The second-order valence-corrected chi connectivity index (χ2v) is 9.66. The van der Waals surface area contributed by atoms with E-state index in [9.17, 15) is 0 Å². The van der Waals surface area contributed by atoms with E-state index in [1.54, 1.807) is 43.5 Å². The highest BCUT2D eigenvalue weighted by molar-refractivity contribution is 9.13. The molecule has 0 aliphatic carbocycles. The van der Waals surface area contributed by atoms with E-state index in [2.05, 4.69) is 47.8 Å². The number of allylic oxidation sites excluding steroid dienone is 1. The quantitative estimate of drug-likeness (QED) is 0.299. The van der Waals surface area contributed by atoms with E-state index < -0.39 is 6.97 Å². The van der Waals surface area contributed by atoms with Crippen LogP contribution in [-0.4, -0.2) is 28.9 Å². The summed E-state index contributed by atoms with van der Waals surface area (Å²) >= 11 is 10.2. The lowest BCUT2D eigenvalue weighted by molar-refractivity contribution is -0.370. The third-order valence-corrected chi connectivity index (χ3v) is 7.86. The molecule has 3 aromatic rings. The van der Waals surface area contributed by atoms with Crippen LogP contribution in [-0.2, 0) is 0 Å². The van der Waals surface area contributed by atoms with E-state index in [4.69, 9.17) is 9.47 Å². The van der Waals surface area contributed by atoms with Crippen molar-refractivity contribution in [3.63, 3.8) is 0 Å². The van der Waals surface area contributed by atoms with Crippen LogP contribution in [0.3, 0.4) is 0 Å². The summed E-state index contributed by atoms with van der Waals surface area (Å²) in [6.45, 7) is -4.26. The second-order valence-electron chi connectivity index (χ2n) is 7.20. The van der Waals surface area contributed by atoms with Crippen LogP contribution < -0.4 is 9.47 Å². The first-order valence-corrected chi connectivity index (χ1v) is 12.0. The topological polar surface area (TPSA) is 26.4 Å². The Balaban J connectivity index is 1.77. The van der Waals surface area contributed by atoms with Crippen molar-refractivity contribution in [1.82, 2.24) is 4.48 Å². The maximum absolute atomic E-state index is 16.1. The molecule has 2 aliphatic rings. The van der Waals surface area contributed by atoms with Gasteiger partial charge in [0.25, 0.3) is 0 Å². The molecule has 0 spiro atoms. The number of benzene rings is 2. The highest BCUT2D eigenvalue weighted by Crippen LogP contribution is 2.45. The Morgan fingerprint density at radius 1 is 0.938 bits per heavy atom. The van der Waals surface area contributed by atoms with E-state index in [-0.39, 0.29) is 10.5 Å². The zero-order chi connectivity index (χ0) is 22.6. The van der Waals surface area contributed by atoms with Crippen molar-refractivity contribution in [2.24, 2.45) is 0 Å². The van der Waals surface area contributed by atoms with Crippen molar-refractivity contribution in [3.05, 3.63) is 97.3 Å². The number of aromatic nitrogens is 1. The minimum atomic E-state index is -4.26. The molecular weight excluding hydrogens is 613 g/mol. The minimum absolute atomic E-state index is 0.0194. The number of hydrogen-bond acceptors (Lipinski definition) is 2. The lowest BCUT2D eigenvalue weighted by Gasteiger charge is -2.32. The third kappa shape index (κ3) is 3.31. The highest BCUT2D eigenvalue weighted by Gasteiger charge is 2.57. The van der Waals surface area contributed by atoms with Crippen LogP contribution in [0.2, 0.25) is 0 Å². The van der Waals surface area contributed by atoms with Crippen molar-refractivity contribution in [2.45, 2.75) is 0 Å². The summed E-state index contributed by atoms with van der Waals surface area (Å²) in [5.41, 5.74) is 2.27. The van der Waals surface area contributed by atoms with Gasteiger partial charge in [0, 0.05) is 16.2 Å². The SMILES string of the molecule is COc1ccc(OC2=[N+]3C(=C(c4ccccc4)c4cc(Br)c(Br)n4[B-]3(F)F)C=C2Br)cc1. The molecule has 1 aromatic heterocycles. The number of methoxy groups -OCH3 is 1. The van der Waals surface area contributed by atoms with Gasteiger partial charge in [0.15, 0.2) is 5.70 Å². The van der Waals surface area contributed by atoms with Gasteiger partial charge in [-0.05, 0) is 83.7 Å². The van der Waals surface area contributed by atoms with Gasteiger partial charge in [-0.2, -0.15) is 0 Å². The lowest BCUT2D eigenvalue weighted by atomic mass is 9.86. The number of rotatable bonds is 3. The summed E-state index contributed by atoms with van der Waals surface area (Å²) in [5, 5.41) is 0. The maximum Gasteiger partial charge on any atom is 0.740 e. The van der Waals surface area contributed by atoms with Crippen LogP contribution in [0.1, 0.15) is 11.3 Å². The Labute approximate surface area is 208 Å². The smallest absolute Gasteiger partial charge is 0.497 e. The van der Waals surface area contributed by atoms with Crippen molar-refractivity contribution in [2.75, 3.05) is 7.11 Å². The van der Waals surface area contributed by atoms with Crippen molar-refractivity contribution in [1.29, 1.82) is 0 Å². The largest absolute Gasteiger partial charge is 0.740 e. The van der Waals surface area contributed by atoms with E-state index >= 15 is 8.63 Å². The Hall–Kier alpha value is -2.17. The van der Waals surface area contributed by atoms with Gasteiger partial charge in [0.1, 0.15) is 16.0 Å². The molecule has 0 radical (unpaired) electrons. The van der Waals surface area contributed by atoms with E-state index in [1.807, 2.05) is 30.3 Å². The molecule has 5 rings (SSSR count). The summed E-state index contributed by atoms with van der Waals surface area (Å²) in [7, 11) is 1.56. The molecule has 162 valence electrons. The van der Waals surface area contributed by atoms with Gasteiger partial charge in [-0.15, -0.1) is 0 Å². The van der Waals surface area contributed by atoms with E-state index in [0.29, 0.717) is 37.4 Å². The molecule has 0 saturated carbocycles. The van der Waals surface area contributed by atoms with Crippen LogP contribution in [0.4, 0.5) is 8.63 Å². The van der Waals surface area contributed by atoms with Crippen molar-refractivity contribution < 1.29 is 22.6 Å². The minimum Gasteiger partial charge on any atom is -0.497 e. The summed E-state index contributed by atoms with van der Waals surface area (Å²) < 4.78 is 46.5. The zero-order valence-electron chi connectivity index (χ0n) is 16.5. The molecule has 0 fully saturated rings. The van der Waals surface area contributed by atoms with Crippen LogP contribution in [0.25, 0.3) is 5.57 Å². The fourth-order valence-corrected chi connectivity index (χ4v) is 5.39. The van der Waals surface area contributed by atoms with Crippen LogP contribution in [0.5, 0.6) is 11.5 Å². The fourth-order valence-electron chi connectivity index (χ4n) is 3.94. The Bertz CT molecular complexity index is 1330. The Kier molecular flexibility index (Phi) is 5.42. The first-order valence-electron chi connectivity index (χ1n) is 9.57. The molecule has 0 amide bonds.